The number of nitrogens with one attached hydrogen (secondary N) is 1. The maximum Gasteiger partial charge on any atom is 0.246 e. The first-order valence-corrected chi connectivity index (χ1v) is 6.63. The molecule has 5 heteroatoms. The predicted molar refractivity (Wildman–Crippen MR) is 70.2 cm³/mol. The van der Waals surface area contributed by atoms with Crippen LogP contribution in [0.25, 0.3) is 0 Å². The number of nitrogens with zero attached hydrogens (tertiary/aromatic N) is 3. The van der Waals surface area contributed by atoms with Crippen LogP contribution in [0.2, 0.25) is 0 Å². The summed E-state index contributed by atoms with van der Waals surface area (Å²) in [6.07, 6.45) is 5.86. The van der Waals surface area contributed by atoms with Crippen LogP contribution in [0.15, 0.2) is 18.5 Å². The third kappa shape index (κ3) is 3.10. The van der Waals surface area contributed by atoms with Gasteiger partial charge in [-0.2, -0.15) is 5.10 Å². The molecule has 0 radical (unpaired) electrons. The average Bonchev–Trinajstić information content (AvgIpc) is 2.92. The molecule has 1 atom stereocenters. The molecule has 0 aromatic carbocycles. The number of carbonyl (C=O) groups is 1. The maximum absolute atomic E-state index is 12.3. The Morgan fingerprint density at radius 1 is 1.56 bits per heavy atom. The number of carbonyl (C=O) groups excluding carboxylic acids is 1. The number of rotatable bonds is 4. The van der Waals surface area contributed by atoms with E-state index < -0.39 is 0 Å². The van der Waals surface area contributed by atoms with E-state index in [-0.39, 0.29) is 11.9 Å². The minimum absolute atomic E-state index is 0.136. The van der Waals surface area contributed by atoms with Crippen molar-refractivity contribution in [2.45, 2.75) is 25.8 Å². The molecule has 100 valence electrons. The summed E-state index contributed by atoms with van der Waals surface area (Å²) in [5, 5.41) is 7.47. The van der Waals surface area contributed by atoms with Crippen molar-refractivity contribution in [1.29, 1.82) is 0 Å². The lowest BCUT2D eigenvalue weighted by Gasteiger charge is -2.29. The van der Waals surface area contributed by atoms with Gasteiger partial charge in [0.1, 0.15) is 6.04 Å². The summed E-state index contributed by atoms with van der Waals surface area (Å²) in [4.78, 5) is 14.1. The smallest absolute Gasteiger partial charge is 0.246 e. The van der Waals surface area contributed by atoms with Crippen LogP contribution in [0.5, 0.6) is 0 Å². The number of aromatic nitrogens is 2. The number of hydrogen-bond donors (Lipinski definition) is 1. The second-order valence-corrected chi connectivity index (χ2v) is 5.07. The SMILES string of the molecule is CC(C(=O)N(C)CC1CCNCC1)n1cccn1. The Labute approximate surface area is 108 Å². The molecule has 1 aliphatic rings. The van der Waals surface area contributed by atoms with Crippen molar-refractivity contribution < 1.29 is 4.79 Å². The third-order valence-corrected chi connectivity index (χ3v) is 3.65. The molecular formula is C13H22N4O. The monoisotopic (exact) mass is 250 g/mol. The molecule has 1 N–H and O–H groups in total. The Bertz CT molecular complexity index is 370. The van der Waals surface area contributed by atoms with Crippen LogP contribution in [-0.2, 0) is 4.79 Å². The predicted octanol–water partition coefficient (Wildman–Crippen LogP) is 0.902. The average molecular weight is 250 g/mol. The van der Waals surface area contributed by atoms with Gasteiger partial charge < -0.3 is 10.2 Å². The minimum atomic E-state index is -0.216. The van der Waals surface area contributed by atoms with E-state index in [0.717, 1.165) is 32.5 Å². The second-order valence-electron chi connectivity index (χ2n) is 5.07. The van der Waals surface area contributed by atoms with Crippen molar-refractivity contribution in [3.63, 3.8) is 0 Å². The van der Waals surface area contributed by atoms with Crippen LogP contribution in [-0.4, -0.2) is 47.3 Å². The largest absolute Gasteiger partial charge is 0.344 e. The first kappa shape index (κ1) is 13.1. The maximum atomic E-state index is 12.3. The molecule has 0 aliphatic carbocycles. The first-order chi connectivity index (χ1) is 8.68. The van der Waals surface area contributed by atoms with Gasteiger partial charge in [-0.15, -0.1) is 0 Å². The molecule has 1 aromatic rings. The van der Waals surface area contributed by atoms with Crippen molar-refractivity contribution in [2.75, 3.05) is 26.7 Å². The number of likely N-dealkylation sites (N-methyl/N-ethyl adjacent to an activating group) is 1. The summed E-state index contributed by atoms with van der Waals surface area (Å²) >= 11 is 0. The standard InChI is InChI=1S/C13H22N4O/c1-11(17-9-3-6-15-17)13(18)16(2)10-12-4-7-14-8-5-12/h3,6,9,11-12,14H,4-5,7-8,10H2,1-2H3. The van der Waals surface area contributed by atoms with Crippen LogP contribution in [0.4, 0.5) is 0 Å². The van der Waals surface area contributed by atoms with Crippen molar-refractivity contribution in [2.24, 2.45) is 5.92 Å². The fourth-order valence-corrected chi connectivity index (χ4v) is 2.48. The zero-order chi connectivity index (χ0) is 13.0. The fourth-order valence-electron chi connectivity index (χ4n) is 2.48. The molecular weight excluding hydrogens is 228 g/mol. The summed E-state index contributed by atoms with van der Waals surface area (Å²) in [5.41, 5.74) is 0. The van der Waals surface area contributed by atoms with Crippen molar-refractivity contribution in [3.8, 4) is 0 Å². The quantitative estimate of drug-likeness (QED) is 0.864. The molecule has 2 heterocycles. The summed E-state index contributed by atoms with van der Waals surface area (Å²) in [6, 6.07) is 1.63. The van der Waals surface area contributed by atoms with E-state index in [0.29, 0.717) is 5.92 Å². The number of hydrogen-bond acceptors (Lipinski definition) is 3. The van der Waals surface area contributed by atoms with E-state index in [1.54, 1.807) is 10.9 Å². The lowest BCUT2D eigenvalue weighted by Crippen LogP contribution is -2.39. The zero-order valence-corrected chi connectivity index (χ0v) is 11.2. The van der Waals surface area contributed by atoms with E-state index in [1.165, 1.54) is 0 Å². The highest BCUT2D eigenvalue weighted by Gasteiger charge is 2.22. The van der Waals surface area contributed by atoms with Gasteiger partial charge in [0.15, 0.2) is 0 Å². The highest BCUT2D eigenvalue weighted by atomic mass is 16.2. The van der Waals surface area contributed by atoms with Gasteiger partial charge >= 0.3 is 0 Å². The van der Waals surface area contributed by atoms with Gasteiger partial charge in [0.2, 0.25) is 5.91 Å². The van der Waals surface area contributed by atoms with Crippen LogP contribution in [0.3, 0.4) is 0 Å². The van der Waals surface area contributed by atoms with Gasteiger partial charge in [-0.3, -0.25) is 9.48 Å². The lowest BCUT2D eigenvalue weighted by atomic mass is 9.97. The Hall–Kier alpha value is -1.36. The van der Waals surface area contributed by atoms with Crippen LogP contribution in [0, 0.1) is 5.92 Å². The molecule has 1 unspecified atom stereocenters. The van der Waals surface area contributed by atoms with Gasteiger partial charge in [-0.05, 0) is 44.8 Å². The first-order valence-electron chi connectivity index (χ1n) is 6.63. The van der Waals surface area contributed by atoms with Crippen molar-refractivity contribution >= 4 is 5.91 Å². The van der Waals surface area contributed by atoms with Gasteiger partial charge in [-0.25, -0.2) is 0 Å². The van der Waals surface area contributed by atoms with E-state index in [2.05, 4.69) is 10.4 Å². The van der Waals surface area contributed by atoms with Crippen LogP contribution < -0.4 is 5.32 Å². The summed E-state index contributed by atoms with van der Waals surface area (Å²) in [6.45, 7) is 4.89. The van der Waals surface area contributed by atoms with Gasteiger partial charge in [0.25, 0.3) is 0 Å². The number of piperidine rings is 1. The lowest BCUT2D eigenvalue weighted by molar-refractivity contribution is -0.133. The Kier molecular flexibility index (Phi) is 4.36. The molecule has 1 saturated heterocycles. The normalized spacial score (nSPS) is 18.6. The molecule has 18 heavy (non-hydrogen) atoms. The minimum Gasteiger partial charge on any atom is -0.344 e. The molecule has 2 rings (SSSR count). The van der Waals surface area contributed by atoms with E-state index in [9.17, 15) is 4.79 Å². The fraction of sp³-hybridized carbons (Fsp3) is 0.692. The van der Waals surface area contributed by atoms with Crippen molar-refractivity contribution in [1.82, 2.24) is 20.0 Å². The highest BCUT2D eigenvalue weighted by molar-refractivity contribution is 5.79. The van der Waals surface area contributed by atoms with Crippen LogP contribution >= 0.6 is 0 Å². The number of amides is 1. The third-order valence-electron chi connectivity index (χ3n) is 3.65. The molecule has 1 aromatic heterocycles. The molecule has 1 aliphatic heterocycles. The van der Waals surface area contributed by atoms with E-state index in [1.807, 2.05) is 31.1 Å². The van der Waals surface area contributed by atoms with Crippen LogP contribution in [0.1, 0.15) is 25.8 Å². The molecule has 0 spiro atoms. The molecule has 0 bridgehead atoms. The second kappa shape index (κ2) is 6.00. The van der Waals surface area contributed by atoms with E-state index in [4.69, 9.17) is 0 Å². The van der Waals surface area contributed by atoms with Gasteiger partial charge in [0.05, 0.1) is 0 Å². The molecule has 5 nitrogen and oxygen atoms in total. The summed E-state index contributed by atoms with van der Waals surface area (Å²) in [5.74, 6) is 0.766. The Balaban J connectivity index is 1.87. The Morgan fingerprint density at radius 2 is 2.28 bits per heavy atom. The summed E-state index contributed by atoms with van der Waals surface area (Å²) < 4.78 is 1.71. The topological polar surface area (TPSA) is 50.2 Å². The Morgan fingerprint density at radius 3 is 2.89 bits per heavy atom. The molecule has 0 saturated carbocycles. The summed E-state index contributed by atoms with van der Waals surface area (Å²) in [7, 11) is 1.89. The zero-order valence-electron chi connectivity index (χ0n) is 11.2. The van der Waals surface area contributed by atoms with Gasteiger partial charge in [0, 0.05) is 26.0 Å². The molecule has 1 amide bonds. The highest BCUT2D eigenvalue weighted by Crippen LogP contribution is 2.15. The molecule has 1 fully saturated rings. The van der Waals surface area contributed by atoms with E-state index >= 15 is 0 Å². The van der Waals surface area contributed by atoms with Gasteiger partial charge in [-0.1, -0.05) is 0 Å². The van der Waals surface area contributed by atoms with Crippen molar-refractivity contribution in [3.05, 3.63) is 18.5 Å².